The predicted octanol–water partition coefficient (Wildman–Crippen LogP) is 4.25. The summed E-state index contributed by atoms with van der Waals surface area (Å²) in [5, 5.41) is 0.970. The van der Waals surface area contributed by atoms with Gasteiger partial charge in [0.2, 0.25) is 0 Å². The lowest BCUT2D eigenvalue weighted by Crippen LogP contribution is -1.90. The van der Waals surface area contributed by atoms with Crippen molar-refractivity contribution in [2.45, 2.75) is 32.6 Å². The molecule has 100 valence electrons. The highest BCUT2D eigenvalue weighted by molar-refractivity contribution is 7.21. The molecule has 0 N–H and O–H groups in total. The maximum Gasteiger partial charge on any atom is 0.144 e. The van der Waals surface area contributed by atoms with Crippen molar-refractivity contribution in [3.8, 4) is 10.7 Å². The van der Waals surface area contributed by atoms with Crippen LogP contribution in [0.3, 0.4) is 0 Å². The first-order chi connectivity index (χ1) is 9.70. The number of thiazole rings is 1. The van der Waals surface area contributed by atoms with Crippen molar-refractivity contribution in [1.82, 2.24) is 15.0 Å². The molecule has 0 spiro atoms. The second-order valence-corrected chi connectivity index (χ2v) is 6.54. The quantitative estimate of drug-likeness (QED) is 0.705. The van der Waals surface area contributed by atoms with Gasteiger partial charge in [-0.1, -0.05) is 17.4 Å². The Balaban J connectivity index is 1.81. The average Bonchev–Trinajstić information content (AvgIpc) is 3.19. The van der Waals surface area contributed by atoms with Gasteiger partial charge in [0, 0.05) is 12.4 Å². The zero-order valence-electron chi connectivity index (χ0n) is 11.6. The molecular formula is C16H15N3S. The Hall–Kier alpha value is -1.81. The molecule has 3 nitrogen and oxygen atoms in total. The maximum absolute atomic E-state index is 4.69. The number of nitrogens with zero attached hydrogens (tertiary/aromatic N) is 3. The van der Waals surface area contributed by atoms with Gasteiger partial charge in [0.25, 0.3) is 0 Å². The number of aryl methyl sites for hydroxylation is 2. The first-order valence-corrected chi connectivity index (χ1v) is 7.72. The largest absolute Gasteiger partial charge is 0.253 e. The minimum atomic E-state index is 0.745. The third kappa shape index (κ3) is 2.00. The van der Waals surface area contributed by atoms with Crippen molar-refractivity contribution in [3.05, 3.63) is 41.2 Å². The Labute approximate surface area is 121 Å². The molecule has 3 aromatic rings. The zero-order chi connectivity index (χ0) is 13.7. The summed E-state index contributed by atoms with van der Waals surface area (Å²) in [5.74, 6) is 0.745. The van der Waals surface area contributed by atoms with Gasteiger partial charge in [-0.15, -0.1) is 0 Å². The van der Waals surface area contributed by atoms with Gasteiger partial charge in [-0.25, -0.2) is 9.97 Å². The molecular weight excluding hydrogens is 266 g/mol. The summed E-state index contributed by atoms with van der Waals surface area (Å²) in [6.07, 6.45) is 6.53. The van der Waals surface area contributed by atoms with E-state index in [2.05, 4.69) is 34.0 Å². The number of pyridine rings is 2. The van der Waals surface area contributed by atoms with Gasteiger partial charge < -0.3 is 0 Å². The first-order valence-electron chi connectivity index (χ1n) is 6.91. The molecule has 0 saturated heterocycles. The standard InChI is InChI=1S/C16H15N3S/c1-9-5-13-15(18-7-9)20-16(19-13)14-10(2)6-12(8-17-14)11-3-4-11/h5-8,11H,3-4H2,1-2H3. The van der Waals surface area contributed by atoms with Crippen molar-refractivity contribution in [2.24, 2.45) is 0 Å². The summed E-state index contributed by atoms with van der Waals surface area (Å²) >= 11 is 1.62. The fourth-order valence-electron chi connectivity index (χ4n) is 2.49. The fourth-order valence-corrected chi connectivity index (χ4v) is 3.44. The van der Waals surface area contributed by atoms with Crippen LogP contribution in [0.2, 0.25) is 0 Å². The SMILES string of the molecule is Cc1cnc2sc(-c3ncc(C4CC4)cc3C)nc2c1. The van der Waals surface area contributed by atoms with Crippen LogP contribution in [0.25, 0.3) is 21.0 Å². The molecule has 1 aliphatic carbocycles. The van der Waals surface area contributed by atoms with Crippen molar-refractivity contribution in [3.63, 3.8) is 0 Å². The molecule has 20 heavy (non-hydrogen) atoms. The number of hydrogen-bond acceptors (Lipinski definition) is 4. The first kappa shape index (κ1) is 12.0. The van der Waals surface area contributed by atoms with E-state index in [1.165, 1.54) is 24.0 Å². The van der Waals surface area contributed by atoms with Crippen LogP contribution in [0.15, 0.2) is 24.5 Å². The van der Waals surface area contributed by atoms with Gasteiger partial charge in [-0.3, -0.25) is 4.98 Å². The van der Waals surface area contributed by atoms with Crippen molar-refractivity contribution < 1.29 is 0 Å². The summed E-state index contributed by atoms with van der Waals surface area (Å²) < 4.78 is 0. The Morgan fingerprint density at radius 3 is 2.70 bits per heavy atom. The topological polar surface area (TPSA) is 38.7 Å². The molecule has 1 saturated carbocycles. The summed E-state index contributed by atoms with van der Waals surface area (Å²) in [6.45, 7) is 4.17. The minimum Gasteiger partial charge on any atom is -0.253 e. The number of rotatable bonds is 2. The van der Waals surface area contributed by atoms with Crippen molar-refractivity contribution in [2.75, 3.05) is 0 Å². The zero-order valence-corrected chi connectivity index (χ0v) is 12.4. The van der Waals surface area contributed by atoms with Gasteiger partial charge >= 0.3 is 0 Å². The third-order valence-corrected chi connectivity index (χ3v) is 4.72. The lowest BCUT2D eigenvalue weighted by atomic mass is 10.1. The van der Waals surface area contributed by atoms with Crippen LogP contribution in [-0.2, 0) is 0 Å². The van der Waals surface area contributed by atoms with Crippen molar-refractivity contribution in [1.29, 1.82) is 0 Å². The molecule has 0 aliphatic heterocycles. The van der Waals surface area contributed by atoms with E-state index in [1.807, 2.05) is 19.3 Å². The van der Waals surface area contributed by atoms with E-state index in [1.54, 1.807) is 11.3 Å². The number of fused-ring (bicyclic) bond motifs is 1. The van der Waals surface area contributed by atoms with Gasteiger partial charge in [-0.2, -0.15) is 0 Å². The van der Waals surface area contributed by atoms with Crippen LogP contribution >= 0.6 is 11.3 Å². The molecule has 1 aliphatic rings. The second-order valence-electron chi connectivity index (χ2n) is 5.56. The monoisotopic (exact) mass is 281 g/mol. The Morgan fingerprint density at radius 1 is 1.10 bits per heavy atom. The summed E-state index contributed by atoms with van der Waals surface area (Å²) in [4.78, 5) is 14.8. The maximum atomic E-state index is 4.69. The molecule has 0 radical (unpaired) electrons. The highest BCUT2D eigenvalue weighted by Crippen LogP contribution is 2.41. The highest BCUT2D eigenvalue weighted by atomic mass is 32.1. The van der Waals surface area contributed by atoms with Crippen LogP contribution in [0, 0.1) is 13.8 Å². The van der Waals surface area contributed by atoms with Crippen LogP contribution in [-0.4, -0.2) is 15.0 Å². The molecule has 0 aromatic carbocycles. The normalized spacial score (nSPS) is 14.9. The van der Waals surface area contributed by atoms with Crippen LogP contribution < -0.4 is 0 Å². The van der Waals surface area contributed by atoms with E-state index in [9.17, 15) is 0 Å². The van der Waals surface area contributed by atoms with Gasteiger partial charge in [-0.05, 0) is 55.4 Å². The second kappa shape index (κ2) is 4.35. The minimum absolute atomic E-state index is 0.745. The molecule has 3 heterocycles. The molecule has 0 atom stereocenters. The molecule has 4 rings (SSSR count). The Bertz CT molecular complexity index is 803. The molecule has 4 heteroatoms. The molecule has 1 fully saturated rings. The van der Waals surface area contributed by atoms with E-state index < -0.39 is 0 Å². The average molecular weight is 281 g/mol. The number of aromatic nitrogens is 3. The van der Waals surface area contributed by atoms with Crippen LogP contribution in [0.4, 0.5) is 0 Å². The lowest BCUT2D eigenvalue weighted by molar-refractivity contribution is 1.08. The van der Waals surface area contributed by atoms with Gasteiger partial charge in [0.05, 0.1) is 0 Å². The number of hydrogen-bond donors (Lipinski definition) is 0. The molecule has 0 unspecified atom stereocenters. The van der Waals surface area contributed by atoms with Gasteiger partial charge in [0.15, 0.2) is 0 Å². The fraction of sp³-hybridized carbons (Fsp3) is 0.312. The summed E-state index contributed by atoms with van der Waals surface area (Å²) in [6, 6.07) is 4.35. The third-order valence-electron chi connectivity index (χ3n) is 3.74. The van der Waals surface area contributed by atoms with E-state index in [0.29, 0.717) is 0 Å². The van der Waals surface area contributed by atoms with E-state index in [4.69, 9.17) is 0 Å². The lowest BCUT2D eigenvalue weighted by Gasteiger charge is -2.04. The molecule has 0 bridgehead atoms. The van der Waals surface area contributed by atoms with E-state index >= 15 is 0 Å². The van der Waals surface area contributed by atoms with Crippen LogP contribution in [0.5, 0.6) is 0 Å². The van der Waals surface area contributed by atoms with Crippen molar-refractivity contribution >= 4 is 21.7 Å². The summed E-state index contributed by atoms with van der Waals surface area (Å²) in [5.41, 5.74) is 5.70. The van der Waals surface area contributed by atoms with Crippen LogP contribution in [0.1, 0.15) is 35.4 Å². The highest BCUT2D eigenvalue weighted by Gasteiger charge is 2.24. The smallest absolute Gasteiger partial charge is 0.144 e. The van der Waals surface area contributed by atoms with Gasteiger partial charge in [0.1, 0.15) is 21.0 Å². The Kier molecular flexibility index (Phi) is 2.60. The molecule has 0 amide bonds. The molecule has 3 aromatic heterocycles. The Morgan fingerprint density at radius 2 is 1.95 bits per heavy atom. The summed E-state index contributed by atoms with van der Waals surface area (Å²) in [7, 11) is 0. The predicted molar refractivity (Wildman–Crippen MR) is 82.1 cm³/mol. The van der Waals surface area contributed by atoms with E-state index in [-0.39, 0.29) is 0 Å². The van der Waals surface area contributed by atoms with E-state index in [0.717, 1.165) is 32.5 Å².